The van der Waals surface area contributed by atoms with Gasteiger partial charge < -0.3 is 14.4 Å². The van der Waals surface area contributed by atoms with E-state index < -0.39 is 12.0 Å². The Balaban J connectivity index is 1.71. The van der Waals surface area contributed by atoms with Gasteiger partial charge in [0.1, 0.15) is 11.8 Å². The highest BCUT2D eigenvalue weighted by Crippen LogP contribution is 2.38. The van der Waals surface area contributed by atoms with Gasteiger partial charge >= 0.3 is 5.97 Å². The molecule has 40 heavy (non-hydrogen) atoms. The van der Waals surface area contributed by atoms with Crippen molar-refractivity contribution in [1.29, 1.82) is 0 Å². The number of allylic oxidation sites excluding steroid dienone is 1. The van der Waals surface area contributed by atoms with Gasteiger partial charge in [0.25, 0.3) is 5.56 Å². The zero-order valence-electron chi connectivity index (χ0n) is 23.3. The molecule has 210 valence electrons. The summed E-state index contributed by atoms with van der Waals surface area (Å²) in [4.78, 5) is 35.3. The predicted molar refractivity (Wildman–Crippen MR) is 160 cm³/mol. The second kappa shape index (κ2) is 12.0. The van der Waals surface area contributed by atoms with Crippen LogP contribution in [-0.4, -0.2) is 37.3 Å². The smallest absolute Gasteiger partial charge is 0.338 e. The van der Waals surface area contributed by atoms with E-state index in [2.05, 4.69) is 30.0 Å². The molecule has 3 aromatic rings. The van der Waals surface area contributed by atoms with Gasteiger partial charge in [-0.25, -0.2) is 9.79 Å². The van der Waals surface area contributed by atoms with Crippen LogP contribution in [0.3, 0.4) is 0 Å². The fourth-order valence-corrected chi connectivity index (χ4v) is 6.66. The van der Waals surface area contributed by atoms with Crippen LogP contribution in [0.5, 0.6) is 5.75 Å². The standard InChI is InChI=1S/C31H34ClN3O4S/c1-5-9-24-27(30(37)39-6-2)28(23-18-21(32)11-13-25(23)38-4)35-29(36)26(40-31(35)33-24)17-20-10-12-22(16-19(20)3)34-14-7-8-15-34/h10-13,16-18,28H,5-9,14-15H2,1-4H3/b26-17-/t28-/m0/s1. The number of methoxy groups -OCH3 is 1. The molecule has 0 N–H and O–H groups in total. The van der Waals surface area contributed by atoms with E-state index in [0.29, 0.717) is 43.4 Å². The second-order valence-corrected chi connectivity index (χ2v) is 11.5. The van der Waals surface area contributed by atoms with Gasteiger partial charge in [0, 0.05) is 29.4 Å². The van der Waals surface area contributed by atoms with Crippen LogP contribution in [0.15, 0.2) is 57.5 Å². The molecule has 0 saturated carbocycles. The Bertz CT molecular complexity index is 1650. The number of esters is 1. The van der Waals surface area contributed by atoms with Crippen molar-refractivity contribution in [3.8, 4) is 5.75 Å². The van der Waals surface area contributed by atoms with Gasteiger partial charge in [-0.1, -0.05) is 42.3 Å². The van der Waals surface area contributed by atoms with Crippen molar-refractivity contribution in [2.45, 2.75) is 52.5 Å². The minimum absolute atomic E-state index is 0.207. The highest BCUT2D eigenvalue weighted by molar-refractivity contribution is 7.07. The number of ether oxygens (including phenoxy) is 2. The zero-order valence-corrected chi connectivity index (χ0v) is 24.9. The normalized spacial score (nSPS) is 17.2. The number of carbonyl (C=O) groups excluding carboxylic acids is 1. The Morgan fingerprint density at radius 2 is 1.95 bits per heavy atom. The molecule has 2 aliphatic heterocycles. The molecule has 1 aromatic heterocycles. The molecule has 2 aliphatic rings. The summed E-state index contributed by atoms with van der Waals surface area (Å²) < 4.78 is 13.3. The highest BCUT2D eigenvalue weighted by atomic mass is 35.5. The summed E-state index contributed by atoms with van der Waals surface area (Å²) >= 11 is 7.76. The van der Waals surface area contributed by atoms with Crippen molar-refractivity contribution in [3.63, 3.8) is 0 Å². The molecule has 3 heterocycles. The summed E-state index contributed by atoms with van der Waals surface area (Å²) in [5, 5.41) is 0.476. The molecule has 1 saturated heterocycles. The Hall–Kier alpha value is -3.36. The third-order valence-electron chi connectivity index (χ3n) is 7.39. The van der Waals surface area contributed by atoms with E-state index in [0.717, 1.165) is 30.6 Å². The second-order valence-electron chi connectivity index (χ2n) is 10.0. The first-order valence-electron chi connectivity index (χ1n) is 13.8. The number of thiazole rings is 1. The van der Waals surface area contributed by atoms with E-state index in [1.54, 1.807) is 36.8 Å². The molecule has 0 spiro atoms. The lowest BCUT2D eigenvalue weighted by Crippen LogP contribution is -2.40. The Morgan fingerprint density at radius 1 is 1.18 bits per heavy atom. The number of aromatic nitrogens is 1. The lowest BCUT2D eigenvalue weighted by molar-refractivity contribution is -0.139. The van der Waals surface area contributed by atoms with Gasteiger partial charge in [-0.05, 0) is 80.6 Å². The number of anilines is 1. The molecule has 0 radical (unpaired) electrons. The number of rotatable bonds is 8. The Kier molecular flexibility index (Phi) is 8.47. The van der Waals surface area contributed by atoms with Crippen LogP contribution >= 0.6 is 22.9 Å². The number of hydrogen-bond donors (Lipinski definition) is 0. The van der Waals surface area contributed by atoms with Crippen LogP contribution in [0.1, 0.15) is 62.3 Å². The van der Waals surface area contributed by atoms with Crippen LogP contribution in [-0.2, 0) is 9.53 Å². The molecular formula is C31H34ClN3O4S. The Labute approximate surface area is 243 Å². The molecule has 9 heteroatoms. The SMILES string of the molecule is CCCC1=C(C(=O)OCC)[C@H](c2cc(Cl)ccc2OC)n2c(s/c(=C\c3ccc(N4CCCC4)cc3C)c2=O)=N1. The predicted octanol–water partition coefficient (Wildman–Crippen LogP) is 5.15. The van der Waals surface area contributed by atoms with Gasteiger partial charge in [-0.2, -0.15) is 0 Å². The fraction of sp³-hybridized carbons (Fsp3) is 0.387. The molecule has 7 nitrogen and oxygen atoms in total. The van der Waals surface area contributed by atoms with E-state index >= 15 is 0 Å². The van der Waals surface area contributed by atoms with Crippen molar-refractivity contribution < 1.29 is 14.3 Å². The van der Waals surface area contributed by atoms with Crippen molar-refractivity contribution in [2.75, 3.05) is 31.7 Å². The summed E-state index contributed by atoms with van der Waals surface area (Å²) in [7, 11) is 1.56. The molecular weight excluding hydrogens is 546 g/mol. The van der Waals surface area contributed by atoms with E-state index in [1.165, 1.54) is 29.9 Å². The Morgan fingerprint density at radius 3 is 2.62 bits per heavy atom. The average molecular weight is 580 g/mol. The van der Waals surface area contributed by atoms with Gasteiger partial charge in [0.15, 0.2) is 4.80 Å². The number of halogens is 1. The minimum atomic E-state index is -0.786. The van der Waals surface area contributed by atoms with Gasteiger partial charge in [-0.15, -0.1) is 0 Å². The molecule has 0 aliphatic carbocycles. The third kappa shape index (κ3) is 5.34. The fourth-order valence-electron chi connectivity index (χ4n) is 5.47. The maximum Gasteiger partial charge on any atom is 0.338 e. The highest BCUT2D eigenvalue weighted by Gasteiger charge is 2.36. The summed E-state index contributed by atoms with van der Waals surface area (Å²) in [6, 6.07) is 10.8. The van der Waals surface area contributed by atoms with E-state index in [4.69, 9.17) is 26.1 Å². The number of nitrogens with zero attached hydrogens (tertiary/aromatic N) is 3. The third-order valence-corrected chi connectivity index (χ3v) is 8.61. The molecule has 5 rings (SSSR count). The van der Waals surface area contributed by atoms with Crippen LogP contribution in [0.2, 0.25) is 5.02 Å². The van der Waals surface area contributed by atoms with Crippen molar-refractivity contribution in [2.24, 2.45) is 4.99 Å². The quantitative estimate of drug-likeness (QED) is 0.345. The molecule has 2 aromatic carbocycles. The number of carbonyl (C=O) groups is 1. The van der Waals surface area contributed by atoms with Crippen molar-refractivity contribution >= 4 is 40.7 Å². The summed E-state index contributed by atoms with van der Waals surface area (Å²) in [6.07, 6.45) is 5.70. The van der Waals surface area contributed by atoms with Crippen LogP contribution < -0.4 is 24.5 Å². The molecule has 1 atom stereocenters. The monoisotopic (exact) mass is 579 g/mol. The summed E-state index contributed by atoms with van der Waals surface area (Å²) in [5.41, 5.74) is 4.63. The largest absolute Gasteiger partial charge is 0.496 e. The molecule has 0 bridgehead atoms. The van der Waals surface area contributed by atoms with Crippen molar-refractivity contribution in [3.05, 3.63) is 89.1 Å². The van der Waals surface area contributed by atoms with Gasteiger partial charge in [-0.3, -0.25) is 9.36 Å². The number of aryl methyl sites for hydroxylation is 1. The topological polar surface area (TPSA) is 73.1 Å². The van der Waals surface area contributed by atoms with E-state index in [-0.39, 0.29) is 12.2 Å². The lowest BCUT2D eigenvalue weighted by Gasteiger charge is -2.27. The molecule has 0 amide bonds. The van der Waals surface area contributed by atoms with Crippen LogP contribution in [0.4, 0.5) is 5.69 Å². The minimum Gasteiger partial charge on any atom is -0.496 e. The van der Waals surface area contributed by atoms with Crippen molar-refractivity contribution in [1.82, 2.24) is 4.57 Å². The summed E-state index contributed by atoms with van der Waals surface area (Å²) in [6.45, 7) is 8.22. The van der Waals surface area contributed by atoms with Gasteiger partial charge in [0.2, 0.25) is 0 Å². The van der Waals surface area contributed by atoms with Gasteiger partial charge in [0.05, 0.1) is 29.5 Å². The van der Waals surface area contributed by atoms with Crippen LogP contribution in [0.25, 0.3) is 6.08 Å². The van der Waals surface area contributed by atoms with E-state index in [9.17, 15) is 9.59 Å². The maximum atomic E-state index is 14.1. The molecule has 1 fully saturated rings. The summed E-state index contributed by atoms with van der Waals surface area (Å²) in [5.74, 6) is 0.0289. The number of fused-ring (bicyclic) bond motifs is 1. The van der Waals surface area contributed by atoms with Crippen LogP contribution in [0, 0.1) is 6.92 Å². The number of hydrogen-bond acceptors (Lipinski definition) is 7. The number of benzene rings is 2. The van der Waals surface area contributed by atoms with E-state index in [1.807, 2.05) is 13.0 Å². The average Bonchev–Trinajstić information content (AvgIpc) is 3.58. The zero-order chi connectivity index (χ0) is 28.4. The first kappa shape index (κ1) is 28.2. The first-order chi connectivity index (χ1) is 19.4. The maximum absolute atomic E-state index is 14.1. The first-order valence-corrected chi connectivity index (χ1v) is 15.0. The lowest BCUT2D eigenvalue weighted by atomic mass is 9.93. The molecule has 0 unspecified atom stereocenters.